The van der Waals surface area contributed by atoms with Crippen molar-refractivity contribution in [1.82, 2.24) is 9.97 Å². The molecule has 2 aromatic heterocycles. The van der Waals surface area contributed by atoms with Gasteiger partial charge in [0.05, 0.1) is 16.5 Å². The SMILES string of the molecule is Cc1oc2nc(-c3ccccc3F)nc(NC3(C)CC3)c2c1C(N)=O. The second-order valence-corrected chi connectivity index (χ2v) is 6.64. The minimum absolute atomic E-state index is 0.103. The Morgan fingerprint density at radius 2 is 2.04 bits per heavy atom. The Labute approximate surface area is 143 Å². The van der Waals surface area contributed by atoms with E-state index in [1.807, 2.05) is 0 Å². The highest BCUT2D eigenvalue weighted by Gasteiger charge is 2.39. The number of amides is 1. The van der Waals surface area contributed by atoms with Gasteiger partial charge in [-0.15, -0.1) is 0 Å². The maximum atomic E-state index is 14.2. The summed E-state index contributed by atoms with van der Waals surface area (Å²) < 4.78 is 19.8. The highest BCUT2D eigenvalue weighted by atomic mass is 19.1. The summed E-state index contributed by atoms with van der Waals surface area (Å²) in [5.41, 5.74) is 6.13. The van der Waals surface area contributed by atoms with E-state index in [2.05, 4.69) is 22.2 Å². The van der Waals surface area contributed by atoms with Crippen LogP contribution in [-0.2, 0) is 0 Å². The number of hydrogen-bond donors (Lipinski definition) is 2. The molecule has 128 valence electrons. The molecule has 0 saturated heterocycles. The van der Waals surface area contributed by atoms with E-state index < -0.39 is 11.7 Å². The number of aryl methyl sites for hydroxylation is 1. The van der Waals surface area contributed by atoms with Gasteiger partial charge in [0.2, 0.25) is 5.71 Å². The molecule has 1 saturated carbocycles. The van der Waals surface area contributed by atoms with Gasteiger partial charge in [-0.05, 0) is 38.8 Å². The first kappa shape index (κ1) is 15.6. The summed E-state index contributed by atoms with van der Waals surface area (Å²) in [5.74, 6) is -0.0335. The fraction of sp³-hybridized carbons (Fsp3) is 0.278. The Hall–Kier alpha value is -2.96. The second-order valence-electron chi connectivity index (χ2n) is 6.64. The van der Waals surface area contributed by atoms with Crippen LogP contribution in [0.15, 0.2) is 28.7 Å². The fourth-order valence-electron chi connectivity index (χ4n) is 2.86. The quantitative estimate of drug-likeness (QED) is 0.759. The number of anilines is 1. The van der Waals surface area contributed by atoms with E-state index in [-0.39, 0.29) is 28.2 Å². The van der Waals surface area contributed by atoms with Gasteiger partial charge in [0.15, 0.2) is 5.82 Å². The summed E-state index contributed by atoms with van der Waals surface area (Å²) in [6.45, 7) is 3.70. The van der Waals surface area contributed by atoms with Crippen molar-refractivity contribution in [2.24, 2.45) is 5.73 Å². The number of primary amides is 1. The Balaban J connectivity index is 1.99. The van der Waals surface area contributed by atoms with Crippen LogP contribution in [0.5, 0.6) is 0 Å². The molecule has 2 heterocycles. The van der Waals surface area contributed by atoms with Gasteiger partial charge in [-0.3, -0.25) is 4.79 Å². The summed E-state index contributed by atoms with van der Waals surface area (Å²) in [5, 5.41) is 3.77. The van der Waals surface area contributed by atoms with E-state index in [9.17, 15) is 9.18 Å². The van der Waals surface area contributed by atoms with Gasteiger partial charge in [0.25, 0.3) is 5.91 Å². The molecule has 3 aromatic rings. The van der Waals surface area contributed by atoms with Crippen LogP contribution in [0.1, 0.15) is 35.9 Å². The monoisotopic (exact) mass is 340 g/mol. The van der Waals surface area contributed by atoms with Crippen LogP contribution >= 0.6 is 0 Å². The highest BCUT2D eigenvalue weighted by molar-refractivity contribution is 6.09. The van der Waals surface area contributed by atoms with Gasteiger partial charge in [0, 0.05) is 5.54 Å². The molecule has 0 unspecified atom stereocenters. The van der Waals surface area contributed by atoms with Gasteiger partial charge in [-0.1, -0.05) is 12.1 Å². The van der Waals surface area contributed by atoms with Crippen molar-refractivity contribution in [1.29, 1.82) is 0 Å². The van der Waals surface area contributed by atoms with E-state index in [0.29, 0.717) is 17.0 Å². The number of nitrogens with two attached hydrogens (primary N) is 1. The zero-order chi connectivity index (χ0) is 17.8. The number of aromatic nitrogens is 2. The van der Waals surface area contributed by atoms with Crippen molar-refractivity contribution < 1.29 is 13.6 Å². The lowest BCUT2D eigenvalue weighted by Crippen LogP contribution is -2.19. The third-order valence-electron chi connectivity index (χ3n) is 4.51. The third-order valence-corrected chi connectivity index (χ3v) is 4.51. The van der Waals surface area contributed by atoms with E-state index in [1.165, 1.54) is 6.07 Å². The predicted molar refractivity (Wildman–Crippen MR) is 91.7 cm³/mol. The minimum Gasteiger partial charge on any atom is -0.442 e. The van der Waals surface area contributed by atoms with Gasteiger partial charge >= 0.3 is 0 Å². The van der Waals surface area contributed by atoms with Crippen LogP contribution in [0.4, 0.5) is 10.2 Å². The maximum absolute atomic E-state index is 14.2. The van der Waals surface area contributed by atoms with Crippen molar-refractivity contribution in [3.05, 3.63) is 41.4 Å². The minimum atomic E-state index is -0.609. The summed E-state index contributed by atoms with van der Waals surface area (Å²) in [6, 6.07) is 6.26. The van der Waals surface area contributed by atoms with Crippen molar-refractivity contribution in [2.75, 3.05) is 5.32 Å². The molecular weight excluding hydrogens is 323 g/mol. The first-order valence-electron chi connectivity index (χ1n) is 8.02. The zero-order valence-corrected chi connectivity index (χ0v) is 13.9. The molecule has 1 aromatic carbocycles. The number of carbonyl (C=O) groups is 1. The first-order valence-corrected chi connectivity index (χ1v) is 8.02. The third kappa shape index (κ3) is 2.61. The number of furan rings is 1. The van der Waals surface area contributed by atoms with E-state index >= 15 is 0 Å². The van der Waals surface area contributed by atoms with Crippen LogP contribution in [-0.4, -0.2) is 21.4 Å². The van der Waals surface area contributed by atoms with Crippen LogP contribution in [0.25, 0.3) is 22.5 Å². The van der Waals surface area contributed by atoms with E-state index in [4.69, 9.17) is 10.2 Å². The number of halogens is 1. The molecule has 0 radical (unpaired) electrons. The Morgan fingerprint density at radius 1 is 1.32 bits per heavy atom. The molecule has 1 fully saturated rings. The number of carbonyl (C=O) groups excluding carboxylic acids is 1. The van der Waals surface area contributed by atoms with Crippen LogP contribution < -0.4 is 11.1 Å². The fourth-order valence-corrected chi connectivity index (χ4v) is 2.86. The molecule has 1 aliphatic rings. The molecule has 1 aliphatic carbocycles. The van der Waals surface area contributed by atoms with E-state index in [1.54, 1.807) is 25.1 Å². The van der Waals surface area contributed by atoms with Crippen LogP contribution in [0, 0.1) is 12.7 Å². The molecule has 0 atom stereocenters. The van der Waals surface area contributed by atoms with Gasteiger partial charge < -0.3 is 15.5 Å². The second kappa shape index (κ2) is 5.27. The molecule has 0 spiro atoms. The van der Waals surface area contributed by atoms with Crippen molar-refractivity contribution >= 4 is 22.8 Å². The number of nitrogens with zero attached hydrogens (tertiary/aromatic N) is 2. The Morgan fingerprint density at radius 3 is 2.68 bits per heavy atom. The molecule has 3 N–H and O–H groups in total. The van der Waals surface area contributed by atoms with Gasteiger partial charge in [-0.2, -0.15) is 4.98 Å². The van der Waals surface area contributed by atoms with Crippen molar-refractivity contribution in [2.45, 2.75) is 32.2 Å². The number of rotatable bonds is 4. The molecule has 1 amide bonds. The number of hydrogen-bond acceptors (Lipinski definition) is 5. The largest absolute Gasteiger partial charge is 0.442 e. The average molecular weight is 340 g/mol. The first-order chi connectivity index (χ1) is 11.9. The lowest BCUT2D eigenvalue weighted by molar-refractivity contribution is 0.1000. The lowest BCUT2D eigenvalue weighted by Gasteiger charge is -2.14. The van der Waals surface area contributed by atoms with Crippen molar-refractivity contribution in [3.8, 4) is 11.4 Å². The summed E-state index contributed by atoms with van der Waals surface area (Å²) in [4.78, 5) is 20.7. The lowest BCUT2D eigenvalue weighted by atomic mass is 10.1. The Bertz CT molecular complexity index is 1010. The standard InChI is InChI=1S/C18H17FN4O2/c1-9-12(14(20)24)13-16(23-18(2)7-8-18)21-15(22-17(13)25-9)10-5-3-4-6-11(10)19/h3-6H,7-8H2,1-2H3,(H2,20,24)(H,21,22,23). The molecular formula is C18H17FN4O2. The average Bonchev–Trinajstić information content (AvgIpc) is 3.16. The number of fused-ring (bicyclic) bond motifs is 1. The van der Waals surface area contributed by atoms with Crippen molar-refractivity contribution in [3.63, 3.8) is 0 Å². The molecule has 0 bridgehead atoms. The molecule has 0 aliphatic heterocycles. The highest BCUT2D eigenvalue weighted by Crippen LogP contribution is 2.41. The zero-order valence-electron chi connectivity index (χ0n) is 13.9. The predicted octanol–water partition coefficient (Wildman–Crippen LogP) is 3.40. The molecule has 4 rings (SSSR count). The molecule has 7 heteroatoms. The Kier molecular flexibility index (Phi) is 3.28. The van der Waals surface area contributed by atoms with Gasteiger partial charge in [0.1, 0.15) is 17.4 Å². The van der Waals surface area contributed by atoms with E-state index in [0.717, 1.165) is 12.8 Å². The number of nitrogens with one attached hydrogen (secondary N) is 1. The topological polar surface area (TPSA) is 94.0 Å². The maximum Gasteiger partial charge on any atom is 0.253 e. The summed E-state index contributed by atoms with van der Waals surface area (Å²) >= 11 is 0. The van der Waals surface area contributed by atoms with Crippen LogP contribution in [0.3, 0.4) is 0 Å². The normalized spacial score (nSPS) is 15.3. The summed E-state index contributed by atoms with van der Waals surface area (Å²) in [6.07, 6.45) is 1.96. The van der Waals surface area contributed by atoms with Gasteiger partial charge in [-0.25, -0.2) is 9.37 Å². The summed E-state index contributed by atoms with van der Waals surface area (Å²) in [7, 11) is 0. The number of benzene rings is 1. The smallest absolute Gasteiger partial charge is 0.253 e. The molecule has 25 heavy (non-hydrogen) atoms. The van der Waals surface area contributed by atoms with Crippen LogP contribution in [0.2, 0.25) is 0 Å². The molecule has 6 nitrogen and oxygen atoms in total.